The Morgan fingerprint density at radius 1 is 0.786 bits per heavy atom. The Morgan fingerprint density at radius 3 is 2.36 bits per heavy atom. The summed E-state index contributed by atoms with van der Waals surface area (Å²) < 4.78 is 8.03. The van der Waals surface area contributed by atoms with Crippen LogP contribution < -0.4 is 10.5 Å². The van der Waals surface area contributed by atoms with Crippen LogP contribution in [0.3, 0.4) is 0 Å². The van der Waals surface area contributed by atoms with Gasteiger partial charge in [-0.05, 0) is 84.6 Å². The Bertz CT molecular complexity index is 1930. The topological polar surface area (TPSA) is 83.0 Å². The average molecular weight is 553 g/mol. The predicted molar refractivity (Wildman–Crippen MR) is 169 cm³/mol. The van der Waals surface area contributed by atoms with Crippen LogP contribution in [0, 0.1) is 0 Å². The van der Waals surface area contributed by atoms with Gasteiger partial charge >= 0.3 is 0 Å². The number of amides is 1. The minimum atomic E-state index is -0.443. The monoisotopic (exact) mass is 552 g/mol. The number of primary amides is 1. The molecule has 42 heavy (non-hydrogen) atoms. The summed E-state index contributed by atoms with van der Waals surface area (Å²) in [5.74, 6) is 1.34. The molecular formula is C36H32N4O2. The third-order valence-electron chi connectivity index (χ3n) is 8.47. The lowest BCUT2D eigenvalue weighted by Crippen LogP contribution is -2.13. The molecule has 0 atom stereocenters. The fourth-order valence-corrected chi connectivity index (χ4v) is 6.30. The number of rotatable bonds is 6. The molecule has 4 aromatic carbocycles. The minimum absolute atomic E-state index is 0.443. The Hall–Kier alpha value is -4.97. The molecular weight excluding hydrogens is 520 g/mol. The average Bonchev–Trinajstić information content (AvgIpc) is 3.44. The van der Waals surface area contributed by atoms with E-state index < -0.39 is 5.91 Å². The molecule has 2 N–H and O–H groups in total. The number of carbonyl (C=O) groups is 1. The summed E-state index contributed by atoms with van der Waals surface area (Å²) in [6.45, 7) is 0. The van der Waals surface area contributed by atoms with Crippen LogP contribution in [-0.2, 0) is 0 Å². The number of aromatic nitrogens is 3. The highest BCUT2D eigenvalue weighted by atomic mass is 16.5. The van der Waals surface area contributed by atoms with E-state index in [2.05, 4.69) is 59.2 Å². The number of nitrogens with zero attached hydrogens (tertiary/aromatic N) is 3. The van der Waals surface area contributed by atoms with Crippen LogP contribution in [0.15, 0.2) is 97.1 Å². The highest BCUT2D eigenvalue weighted by Gasteiger charge is 2.22. The SMILES string of the molecule is COc1ccc(-c2ccc(C(N)=O)cc2)c(-c2ccc3cc(-c4nc5ccccc5n4C4CCCCC4)ccc3n2)c1. The fourth-order valence-electron chi connectivity index (χ4n) is 6.30. The quantitative estimate of drug-likeness (QED) is 0.226. The van der Waals surface area contributed by atoms with Crippen molar-refractivity contribution >= 4 is 27.8 Å². The van der Waals surface area contributed by atoms with E-state index >= 15 is 0 Å². The maximum atomic E-state index is 11.6. The lowest BCUT2D eigenvalue weighted by molar-refractivity contribution is 0.100. The summed E-state index contributed by atoms with van der Waals surface area (Å²) in [5, 5.41) is 1.06. The van der Waals surface area contributed by atoms with Gasteiger partial charge in [0.15, 0.2) is 0 Å². The summed E-state index contributed by atoms with van der Waals surface area (Å²) in [4.78, 5) is 21.8. The van der Waals surface area contributed by atoms with Crippen molar-refractivity contribution < 1.29 is 9.53 Å². The van der Waals surface area contributed by atoms with Crippen LogP contribution in [0.4, 0.5) is 0 Å². The molecule has 0 saturated heterocycles. The standard InChI is InChI=1S/C36H32N4O2/c1-42-28-17-18-29(23-11-13-24(14-12-23)35(37)41)30(22-28)32-20-15-25-21-26(16-19-31(25)38-32)36-39-33-9-5-6-10-34(33)40(36)27-7-3-2-4-8-27/h5-6,9-22,27H,2-4,7-8H2,1H3,(H2,37,41). The van der Waals surface area contributed by atoms with E-state index in [9.17, 15) is 4.79 Å². The van der Waals surface area contributed by atoms with Gasteiger partial charge in [0.1, 0.15) is 11.6 Å². The summed E-state index contributed by atoms with van der Waals surface area (Å²) >= 11 is 0. The lowest BCUT2D eigenvalue weighted by atomic mass is 9.94. The van der Waals surface area contributed by atoms with Gasteiger partial charge in [-0.2, -0.15) is 0 Å². The molecule has 7 rings (SSSR count). The molecule has 0 aliphatic heterocycles. The highest BCUT2D eigenvalue weighted by Crippen LogP contribution is 2.38. The molecule has 2 aromatic heterocycles. The van der Waals surface area contributed by atoms with Crippen LogP contribution in [0.2, 0.25) is 0 Å². The number of para-hydroxylation sites is 2. The molecule has 1 amide bonds. The first-order valence-corrected chi connectivity index (χ1v) is 14.6. The molecule has 2 heterocycles. The smallest absolute Gasteiger partial charge is 0.248 e. The van der Waals surface area contributed by atoms with Crippen molar-refractivity contribution in [1.29, 1.82) is 0 Å². The second-order valence-corrected chi connectivity index (χ2v) is 11.0. The number of imidazole rings is 1. The lowest BCUT2D eigenvalue weighted by Gasteiger charge is -2.25. The van der Waals surface area contributed by atoms with Crippen molar-refractivity contribution in [1.82, 2.24) is 14.5 Å². The van der Waals surface area contributed by atoms with Gasteiger partial charge in [-0.1, -0.05) is 55.7 Å². The fraction of sp³-hybridized carbons (Fsp3) is 0.194. The maximum Gasteiger partial charge on any atom is 0.248 e. The first-order valence-electron chi connectivity index (χ1n) is 14.6. The molecule has 208 valence electrons. The third-order valence-corrected chi connectivity index (χ3v) is 8.47. The van der Waals surface area contributed by atoms with E-state index in [1.807, 2.05) is 30.3 Å². The van der Waals surface area contributed by atoms with Crippen molar-refractivity contribution in [3.8, 4) is 39.5 Å². The van der Waals surface area contributed by atoms with E-state index in [-0.39, 0.29) is 0 Å². The van der Waals surface area contributed by atoms with Gasteiger partial charge in [0.05, 0.1) is 29.4 Å². The summed E-state index contributed by atoms with van der Waals surface area (Å²) in [7, 11) is 1.66. The van der Waals surface area contributed by atoms with Gasteiger partial charge in [-0.3, -0.25) is 4.79 Å². The number of fused-ring (bicyclic) bond motifs is 2. The van der Waals surface area contributed by atoms with Crippen molar-refractivity contribution in [3.63, 3.8) is 0 Å². The Morgan fingerprint density at radius 2 is 1.57 bits per heavy atom. The number of nitrogens with two attached hydrogens (primary N) is 1. The Kier molecular flexibility index (Phi) is 6.67. The van der Waals surface area contributed by atoms with Crippen LogP contribution in [0.1, 0.15) is 48.5 Å². The molecule has 1 fully saturated rings. The first-order chi connectivity index (χ1) is 20.6. The molecule has 0 unspecified atom stereocenters. The second-order valence-electron chi connectivity index (χ2n) is 11.0. The van der Waals surface area contributed by atoms with Crippen molar-refractivity contribution in [2.45, 2.75) is 38.1 Å². The van der Waals surface area contributed by atoms with Gasteiger partial charge in [0.25, 0.3) is 0 Å². The van der Waals surface area contributed by atoms with E-state index in [4.69, 9.17) is 20.4 Å². The zero-order valence-electron chi connectivity index (χ0n) is 23.6. The zero-order chi connectivity index (χ0) is 28.6. The van der Waals surface area contributed by atoms with Gasteiger partial charge in [-0.25, -0.2) is 9.97 Å². The van der Waals surface area contributed by atoms with Crippen LogP contribution in [0.25, 0.3) is 55.7 Å². The molecule has 6 aromatic rings. The van der Waals surface area contributed by atoms with E-state index in [1.165, 1.54) is 37.6 Å². The number of benzene rings is 4. The molecule has 0 spiro atoms. The number of hydrogen-bond acceptors (Lipinski definition) is 4. The van der Waals surface area contributed by atoms with Crippen LogP contribution in [0.5, 0.6) is 5.75 Å². The number of hydrogen-bond donors (Lipinski definition) is 1. The first kappa shape index (κ1) is 26.0. The normalized spacial score (nSPS) is 13.9. The molecule has 1 saturated carbocycles. The van der Waals surface area contributed by atoms with E-state index in [1.54, 1.807) is 19.2 Å². The molecule has 1 aliphatic carbocycles. The summed E-state index contributed by atoms with van der Waals surface area (Å²) in [6.07, 6.45) is 6.24. The van der Waals surface area contributed by atoms with Gasteiger partial charge in [0.2, 0.25) is 5.91 Å². The Labute approximate surface area is 244 Å². The van der Waals surface area contributed by atoms with Crippen LogP contribution in [-0.4, -0.2) is 27.6 Å². The van der Waals surface area contributed by atoms with E-state index in [0.717, 1.165) is 55.9 Å². The second kappa shape index (κ2) is 10.8. The zero-order valence-corrected chi connectivity index (χ0v) is 23.6. The number of methoxy groups -OCH3 is 1. The Balaban J connectivity index is 1.31. The molecule has 0 radical (unpaired) electrons. The van der Waals surface area contributed by atoms with E-state index in [0.29, 0.717) is 11.6 Å². The summed E-state index contributed by atoms with van der Waals surface area (Å²) in [5.41, 5.74) is 14.0. The highest BCUT2D eigenvalue weighted by molar-refractivity contribution is 5.94. The van der Waals surface area contributed by atoms with Gasteiger partial charge < -0.3 is 15.0 Å². The summed E-state index contributed by atoms with van der Waals surface area (Å²) in [6, 6.07) is 32.9. The van der Waals surface area contributed by atoms with Crippen molar-refractivity contribution in [2.75, 3.05) is 7.11 Å². The maximum absolute atomic E-state index is 11.6. The predicted octanol–water partition coefficient (Wildman–Crippen LogP) is 8.20. The molecule has 0 bridgehead atoms. The number of ether oxygens (including phenoxy) is 1. The third kappa shape index (κ3) is 4.69. The van der Waals surface area contributed by atoms with Crippen molar-refractivity contribution in [2.24, 2.45) is 5.73 Å². The molecule has 6 heteroatoms. The minimum Gasteiger partial charge on any atom is -0.497 e. The van der Waals surface area contributed by atoms with Crippen molar-refractivity contribution in [3.05, 3.63) is 103 Å². The largest absolute Gasteiger partial charge is 0.497 e. The number of carbonyl (C=O) groups excluding carboxylic acids is 1. The molecule has 1 aliphatic rings. The molecule has 6 nitrogen and oxygen atoms in total. The van der Waals surface area contributed by atoms with Gasteiger partial charge in [-0.15, -0.1) is 0 Å². The van der Waals surface area contributed by atoms with Gasteiger partial charge in [0, 0.05) is 28.1 Å². The number of pyridine rings is 1. The van der Waals surface area contributed by atoms with Crippen LogP contribution >= 0.6 is 0 Å².